The van der Waals surface area contributed by atoms with Crippen LogP contribution in [0.1, 0.15) is 56.7 Å². The first-order chi connectivity index (χ1) is 9.20. The summed E-state index contributed by atoms with van der Waals surface area (Å²) in [4.78, 5) is 0. The van der Waals surface area contributed by atoms with Gasteiger partial charge in [-0.25, -0.2) is 4.39 Å². The van der Waals surface area contributed by atoms with Gasteiger partial charge in [0.25, 0.3) is 0 Å². The van der Waals surface area contributed by atoms with Crippen molar-refractivity contribution in [1.29, 1.82) is 0 Å². The number of nitrogens with one attached hydrogen (secondary N) is 1. The summed E-state index contributed by atoms with van der Waals surface area (Å²) in [5.74, 6) is 1.60. The van der Waals surface area contributed by atoms with E-state index in [9.17, 15) is 4.39 Å². The normalized spacial score (nSPS) is 33.6. The predicted octanol–water partition coefficient (Wildman–Crippen LogP) is 4.23. The largest absolute Gasteiger partial charge is 0.307 e. The van der Waals surface area contributed by atoms with Gasteiger partial charge in [0.2, 0.25) is 0 Å². The molecule has 19 heavy (non-hydrogen) atoms. The van der Waals surface area contributed by atoms with Crippen LogP contribution < -0.4 is 5.32 Å². The maximum atomic E-state index is 13.7. The van der Waals surface area contributed by atoms with Crippen molar-refractivity contribution in [1.82, 2.24) is 5.32 Å². The van der Waals surface area contributed by atoms with Gasteiger partial charge in [-0.1, -0.05) is 32.4 Å². The lowest BCUT2D eigenvalue weighted by atomic mass is 9.93. The van der Waals surface area contributed by atoms with E-state index in [1.807, 2.05) is 6.07 Å². The first kappa shape index (κ1) is 13.1. The Hall–Kier alpha value is -0.890. The van der Waals surface area contributed by atoms with E-state index in [-0.39, 0.29) is 5.82 Å². The van der Waals surface area contributed by atoms with E-state index in [1.54, 1.807) is 6.07 Å². The second-order valence-corrected chi connectivity index (χ2v) is 6.28. The van der Waals surface area contributed by atoms with Crippen LogP contribution in [0.25, 0.3) is 0 Å². The molecule has 3 rings (SSSR count). The topological polar surface area (TPSA) is 12.0 Å². The van der Waals surface area contributed by atoms with Crippen LogP contribution in [0.4, 0.5) is 4.39 Å². The maximum absolute atomic E-state index is 13.7. The standard InChI is InChI=1S/C17H24FN/c1-3-12-7-9-16(11(12)2)19-17-10-8-13-14(17)5-4-6-15(13)18/h4-6,11-12,16-17,19H,3,7-10H2,1-2H3. The van der Waals surface area contributed by atoms with Crippen LogP contribution in [0.2, 0.25) is 0 Å². The zero-order chi connectivity index (χ0) is 13.4. The molecule has 2 aliphatic carbocycles. The SMILES string of the molecule is CCC1CCC(NC2CCc3c(F)cccc32)C1C. The molecule has 1 aromatic carbocycles. The van der Waals surface area contributed by atoms with Gasteiger partial charge in [0.15, 0.2) is 0 Å². The summed E-state index contributed by atoms with van der Waals surface area (Å²) < 4.78 is 13.7. The van der Waals surface area contributed by atoms with Crippen molar-refractivity contribution < 1.29 is 4.39 Å². The van der Waals surface area contributed by atoms with Gasteiger partial charge in [-0.15, -0.1) is 0 Å². The molecule has 0 saturated heterocycles. The number of hydrogen-bond donors (Lipinski definition) is 1. The van der Waals surface area contributed by atoms with Crippen molar-refractivity contribution in [2.75, 3.05) is 0 Å². The Bertz CT molecular complexity index is 457. The second-order valence-electron chi connectivity index (χ2n) is 6.28. The van der Waals surface area contributed by atoms with Crippen molar-refractivity contribution in [3.05, 3.63) is 35.1 Å². The molecule has 0 radical (unpaired) electrons. The predicted molar refractivity (Wildman–Crippen MR) is 76.6 cm³/mol. The van der Waals surface area contributed by atoms with E-state index < -0.39 is 0 Å². The second kappa shape index (κ2) is 5.24. The van der Waals surface area contributed by atoms with E-state index >= 15 is 0 Å². The van der Waals surface area contributed by atoms with Crippen molar-refractivity contribution in [3.8, 4) is 0 Å². The first-order valence-corrected chi connectivity index (χ1v) is 7.74. The van der Waals surface area contributed by atoms with Crippen LogP contribution in [0.5, 0.6) is 0 Å². The minimum Gasteiger partial charge on any atom is -0.307 e. The molecule has 0 aromatic heterocycles. The fourth-order valence-corrected chi connectivity index (χ4v) is 4.10. The molecule has 1 nitrogen and oxygen atoms in total. The molecule has 4 unspecified atom stereocenters. The lowest BCUT2D eigenvalue weighted by Crippen LogP contribution is -2.35. The van der Waals surface area contributed by atoms with E-state index in [0.717, 1.165) is 30.2 Å². The highest BCUT2D eigenvalue weighted by atomic mass is 19.1. The Morgan fingerprint density at radius 3 is 2.84 bits per heavy atom. The summed E-state index contributed by atoms with van der Waals surface area (Å²) in [5, 5.41) is 3.81. The van der Waals surface area contributed by atoms with Gasteiger partial charge in [-0.05, 0) is 54.7 Å². The molecule has 0 aliphatic heterocycles. The summed E-state index contributed by atoms with van der Waals surface area (Å²) in [5.41, 5.74) is 2.14. The fraction of sp³-hybridized carbons (Fsp3) is 0.647. The minimum atomic E-state index is -0.0206. The molecule has 1 aromatic rings. The zero-order valence-electron chi connectivity index (χ0n) is 12.0. The van der Waals surface area contributed by atoms with Gasteiger partial charge in [-0.3, -0.25) is 0 Å². The molecule has 2 aliphatic rings. The number of fused-ring (bicyclic) bond motifs is 1. The van der Waals surface area contributed by atoms with Crippen molar-refractivity contribution in [3.63, 3.8) is 0 Å². The molecule has 1 saturated carbocycles. The molecular weight excluding hydrogens is 237 g/mol. The molecule has 2 heteroatoms. The van der Waals surface area contributed by atoms with Gasteiger partial charge in [0, 0.05) is 12.1 Å². The van der Waals surface area contributed by atoms with Crippen molar-refractivity contribution >= 4 is 0 Å². The highest BCUT2D eigenvalue weighted by molar-refractivity contribution is 5.35. The van der Waals surface area contributed by atoms with Crippen molar-refractivity contribution in [2.24, 2.45) is 11.8 Å². The number of hydrogen-bond acceptors (Lipinski definition) is 1. The molecular formula is C17H24FN. The molecule has 0 amide bonds. The quantitative estimate of drug-likeness (QED) is 0.858. The molecule has 0 spiro atoms. The van der Waals surface area contributed by atoms with E-state index in [1.165, 1.54) is 24.8 Å². The van der Waals surface area contributed by atoms with Gasteiger partial charge in [-0.2, -0.15) is 0 Å². The average Bonchev–Trinajstić information content (AvgIpc) is 2.97. The molecule has 104 valence electrons. The lowest BCUT2D eigenvalue weighted by molar-refractivity contribution is 0.320. The van der Waals surface area contributed by atoms with Crippen LogP contribution in [-0.2, 0) is 6.42 Å². The van der Waals surface area contributed by atoms with Crippen molar-refractivity contribution in [2.45, 2.75) is 58.0 Å². The van der Waals surface area contributed by atoms with E-state index in [2.05, 4.69) is 25.2 Å². The monoisotopic (exact) mass is 261 g/mol. The van der Waals surface area contributed by atoms with Crippen LogP contribution in [0.15, 0.2) is 18.2 Å². The van der Waals surface area contributed by atoms with Gasteiger partial charge < -0.3 is 5.32 Å². The Balaban J connectivity index is 1.72. The highest BCUT2D eigenvalue weighted by Crippen LogP contribution is 2.38. The maximum Gasteiger partial charge on any atom is 0.126 e. The molecule has 0 bridgehead atoms. The first-order valence-electron chi connectivity index (χ1n) is 7.74. The molecule has 1 fully saturated rings. The van der Waals surface area contributed by atoms with Gasteiger partial charge in [0.05, 0.1) is 0 Å². The summed E-state index contributed by atoms with van der Waals surface area (Å²) in [6, 6.07) is 6.52. The van der Waals surface area contributed by atoms with Crippen LogP contribution in [-0.4, -0.2) is 6.04 Å². The summed E-state index contributed by atoms with van der Waals surface area (Å²) >= 11 is 0. The lowest BCUT2D eigenvalue weighted by Gasteiger charge is -2.25. The minimum absolute atomic E-state index is 0.0206. The van der Waals surface area contributed by atoms with Crippen LogP contribution >= 0.6 is 0 Å². The summed E-state index contributed by atoms with van der Waals surface area (Å²) in [7, 11) is 0. The fourth-order valence-electron chi connectivity index (χ4n) is 4.10. The van der Waals surface area contributed by atoms with E-state index in [4.69, 9.17) is 0 Å². The Kier molecular flexibility index (Phi) is 3.62. The van der Waals surface area contributed by atoms with Crippen LogP contribution in [0.3, 0.4) is 0 Å². The Labute approximate surface area is 115 Å². The van der Waals surface area contributed by atoms with Gasteiger partial charge >= 0.3 is 0 Å². The Morgan fingerprint density at radius 1 is 1.26 bits per heavy atom. The average molecular weight is 261 g/mol. The smallest absolute Gasteiger partial charge is 0.126 e. The van der Waals surface area contributed by atoms with E-state index in [0.29, 0.717) is 12.1 Å². The third kappa shape index (κ3) is 2.31. The number of rotatable bonds is 3. The van der Waals surface area contributed by atoms with Crippen LogP contribution in [0, 0.1) is 17.7 Å². The highest BCUT2D eigenvalue weighted by Gasteiger charge is 2.34. The summed E-state index contributed by atoms with van der Waals surface area (Å²) in [6.07, 6.45) is 5.85. The number of halogens is 1. The molecule has 4 atom stereocenters. The zero-order valence-corrected chi connectivity index (χ0v) is 12.0. The summed E-state index contributed by atoms with van der Waals surface area (Å²) in [6.45, 7) is 4.67. The van der Waals surface area contributed by atoms with Gasteiger partial charge in [0.1, 0.15) is 5.82 Å². The molecule has 1 N–H and O–H groups in total. The number of benzene rings is 1. The third-order valence-electron chi connectivity index (χ3n) is 5.38. The Morgan fingerprint density at radius 2 is 2.11 bits per heavy atom. The third-order valence-corrected chi connectivity index (χ3v) is 5.38. The molecule has 0 heterocycles.